The topological polar surface area (TPSA) is 82.0 Å². The van der Waals surface area contributed by atoms with Crippen LogP contribution in [0.3, 0.4) is 0 Å². The molecule has 1 saturated heterocycles. The number of cyclic esters (lactones) is 1. The molecule has 1 amide bonds. The first kappa shape index (κ1) is 17.2. The van der Waals surface area contributed by atoms with Crippen molar-refractivity contribution in [3.8, 4) is 0 Å². The molecule has 3 N–H and O–H groups in total. The van der Waals surface area contributed by atoms with Crippen LogP contribution in [0.2, 0.25) is 0 Å². The molecule has 118 valence electrons. The molecule has 1 fully saturated rings. The molecule has 6 nitrogen and oxygen atoms in total. The Bertz CT molecular complexity index is 470. The van der Waals surface area contributed by atoms with Crippen LogP contribution in [0, 0.1) is 5.82 Å². The predicted molar refractivity (Wildman–Crippen MR) is 78.0 cm³/mol. The summed E-state index contributed by atoms with van der Waals surface area (Å²) in [5.74, 6) is -0.522. The van der Waals surface area contributed by atoms with Gasteiger partial charge in [-0.3, -0.25) is 4.90 Å². The van der Waals surface area contributed by atoms with Crippen LogP contribution in [0.15, 0.2) is 18.2 Å². The molecule has 2 rings (SSSR count). The lowest BCUT2D eigenvalue weighted by molar-refractivity contribution is 0.0963. The summed E-state index contributed by atoms with van der Waals surface area (Å²) in [5.41, 5.74) is 0.622. The van der Waals surface area contributed by atoms with E-state index in [0.717, 1.165) is 0 Å². The summed E-state index contributed by atoms with van der Waals surface area (Å²) in [7, 11) is 0. The molecule has 0 bridgehead atoms. The number of hydrogen-bond acceptors (Lipinski definition) is 5. The molecule has 1 aromatic rings. The molecule has 1 unspecified atom stereocenters. The van der Waals surface area contributed by atoms with Gasteiger partial charge < -0.3 is 20.3 Å². The molecule has 1 aromatic carbocycles. The smallest absolute Gasteiger partial charge is 0.414 e. The van der Waals surface area contributed by atoms with Crippen LogP contribution < -0.4 is 10.2 Å². The monoisotopic (exact) mass is 300 g/mol. The molecular weight excluding hydrogens is 279 g/mol. The van der Waals surface area contributed by atoms with E-state index >= 15 is 0 Å². The van der Waals surface area contributed by atoms with Gasteiger partial charge in [0.25, 0.3) is 0 Å². The van der Waals surface area contributed by atoms with E-state index in [1.807, 2.05) is 13.8 Å². The number of amides is 1. The van der Waals surface area contributed by atoms with Gasteiger partial charge in [0.2, 0.25) is 0 Å². The first-order valence-electron chi connectivity index (χ1n) is 6.89. The van der Waals surface area contributed by atoms with Gasteiger partial charge in [-0.2, -0.15) is 0 Å². The maximum Gasteiger partial charge on any atom is 0.414 e. The maximum atomic E-state index is 13.8. The van der Waals surface area contributed by atoms with E-state index in [9.17, 15) is 9.18 Å². The van der Waals surface area contributed by atoms with Crippen molar-refractivity contribution in [2.75, 3.05) is 36.5 Å². The summed E-state index contributed by atoms with van der Waals surface area (Å²) in [6.07, 6.45) is -1.18. The average Bonchev–Trinajstić information content (AvgIpc) is 2.89. The van der Waals surface area contributed by atoms with Crippen LogP contribution in [-0.2, 0) is 4.74 Å². The molecule has 0 radical (unpaired) electrons. The minimum atomic E-state index is -0.602. The molecular formula is C14H21FN2O4. The third kappa shape index (κ3) is 4.30. The third-order valence-corrected chi connectivity index (χ3v) is 2.77. The Hall–Kier alpha value is -1.86. The molecule has 1 heterocycles. The fourth-order valence-corrected chi connectivity index (χ4v) is 1.83. The SMILES string of the molecule is CC.O=C1OC(CO)CN1c1ccc(NCCO)c(F)c1. The van der Waals surface area contributed by atoms with Gasteiger partial charge in [0.1, 0.15) is 11.9 Å². The second kappa shape index (κ2) is 8.43. The first-order chi connectivity index (χ1) is 10.2. The number of benzene rings is 1. The van der Waals surface area contributed by atoms with Gasteiger partial charge in [0.15, 0.2) is 0 Å². The van der Waals surface area contributed by atoms with Crippen molar-refractivity contribution in [3.05, 3.63) is 24.0 Å². The van der Waals surface area contributed by atoms with Crippen molar-refractivity contribution < 1.29 is 24.1 Å². The lowest BCUT2D eigenvalue weighted by Crippen LogP contribution is -2.25. The lowest BCUT2D eigenvalue weighted by Gasteiger charge is -2.14. The summed E-state index contributed by atoms with van der Waals surface area (Å²) in [6.45, 7) is 4.07. The highest BCUT2D eigenvalue weighted by Gasteiger charge is 2.32. The summed E-state index contributed by atoms with van der Waals surface area (Å²) >= 11 is 0. The first-order valence-corrected chi connectivity index (χ1v) is 6.89. The Kier molecular flexibility index (Phi) is 6.90. The number of carbonyl (C=O) groups excluding carboxylic acids is 1. The zero-order chi connectivity index (χ0) is 15.8. The number of hydrogen-bond donors (Lipinski definition) is 3. The number of nitrogens with one attached hydrogen (secondary N) is 1. The maximum absolute atomic E-state index is 13.8. The van der Waals surface area contributed by atoms with Gasteiger partial charge >= 0.3 is 6.09 Å². The van der Waals surface area contributed by atoms with Crippen molar-refractivity contribution in [2.24, 2.45) is 0 Å². The van der Waals surface area contributed by atoms with Crippen LogP contribution >= 0.6 is 0 Å². The van der Waals surface area contributed by atoms with Crippen molar-refractivity contribution in [3.63, 3.8) is 0 Å². The second-order valence-corrected chi connectivity index (χ2v) is 4.11. The number of carbonyl (C=O) groups is 1. The van der Waals surface area contributed by atoms with Crippen LogP contribution in [0.5, 0.6) is 0 Å². The standard InChI is InChI=1S/C12H15FN2O4.C2H6/c13-10-5-8(1-2-11(10)14-3-4-16)15-6-9(7-17)19-12(15)18;1-2/h1-2,5,9,14,16-17H,3-4,6-7H2;1-2H3. The Morgan fingerprint density at radius 3 is 2.67 bits per heavy atom. The van der Waals surface area contributed by atoms with Gasteiger partial charge in [-0.25, -0.2) is 9.18 Å². The summed E-state index contributed by atoms with van der Waals surface area (Å²) < 4.78 is 18.6. The number of rotatable bonds is 5. The lowest BCUT2D eigenvalue weighted by atomic mass is 10.2. The summed E-state index contributed by atoms with van der Waals surface area (Å²) in [4.78, 5) is 12.8. The van der Waals surface area contributed by atoms with E-state index in [-0.39, 0.29) is 32.0 Å². The van der Waals surface area contributed by atoms with E-state index in [0.29, 0.717) is 5.69 Å². The molecule has 1 aliphatic rings. The number of nitrogens with zero attached hydrogens (tertiary/aromatic N) is 1. The van der Waals surface area contributed by atoms with E-state index in [4.69, 9.17) is 14.9 Å². The number of anilines is 2. The highest BCUT2D eigenvalue weighted by atomic mass is 19.1. The minimum absolute atomic E-state index is 0.0994. The molecule has 7 heteroatoms. The number of halogens is 1. The summed E-state index contributed by atoms with van der Waals surface area (Å²) in [5, 5.41) is 20.3. The average molecular weight is 300 g/mol. The van der Waals surface area contributed by atoms with Crippen LogP contribution in [0.25, 0.3) is 0 Å². The largest absolute Gasteiger partial charge is 0.441 e. The van der Waals surface area contributed by atoms with Gasteiger partial charge in [0, 0.05) is 6.54 Å². The highest BCUT2D eigenvalue weighted by molar-refractivity contribution is 5.90. The third-order valence-electron chi connectivity index (χ3n) is 2.77. The second-order valence-electron chi connectivity index (χ2n) is 4.11. The predicted octanol–water partition coefficient (Wildman–Crippen LogP) is 1.57. The minimum Gasteiger partial charge on any atom is -0.441 e. The molecule has 21 heavy (non-hydrogen) atoms. The summed E-state index contributed by atoms with van der Waals surface area (Å²) in [6, 6.07) is 4.27. The van der Waals surface area contributed by atoms with Crippen molar-refractivity contribution in [1.82, 2.24) is 0 Å². The quantitative estimate of drug-likeness (QED) is 0.769. The zero-order valence-electron chi connectivity index (χ0n) is 12.2. The zero-order valence-corrected chi connectivity index (χ0v) is 12.2. The fourth-order valence-electron chi connectivity index (χ4n) is 1.83. The van der Waals surface area contributed by atoms with Crippen LogP contribution in [0.1, 0.15) is 13.8 Å². The molecule has 1 atom stereocenters. The highest BCUT2D eigenvalue weighted by Crippen LogP contribution is 2.25. The van der Waals surface area contributed by atoms with Crippen molar-refractivity contribution >= 4 is 17.5 Å². The van der Waals surface area contributed by atoms with Crippen LogP contribution in [0.4, 0.5) is 20.6 Å². The van der Waals surface area contributed by atoms with E-state index in [1.165, 1.54) is 17.0 Å². The Labute approximate surface area is 123 Å². The van der Waals surface area contributed by atoms with E-state index in [2.05, 4.69) is 5.32 Å². The van der Waals surface area contributed by atoms with Gasteiger partial charge in [-0.05, 0) is 18.2 Å². The Morgan fingerprint density at radius 2 is 2.14 bits per heavy atom. The van der Waals surface area contributed by atoms with E-state index < -0.39 is 18.0 Å². The molecule has 0 spiro atoms. The Balaban J connectivity index is 0.00000106. The number of aliphatic hydroxyl groups is 2. The van der Waals surface area contributed by atoms with Crippen molar-refractivity contribution in [1.29, 1.82) is 0 Å². The molecule has 0 saturated carbocycles. The fraction of sp³-hybridized carbons (Fsp3) is 0.500. The van der Waals surface area contributed by atoms with Crippen LogP contribution in [-0.4, -0.2) is 48.7 Å². The molecule has 1 aliphatic heterocycles. The van der Waals surface area contributed by atoms with Gasteiger partial charge in [-0.1, -0.05) is 13.8 Å². The molecule has 0 aromatic heterocycles. The van der Waals surface area contributed by atoms with Gasteiger partial charge in [-0.15, -0.1) is 0 Å². The Morgan fingerprint density at radius 1 is 1.43 bits per heavy atom. The number of ether oxygens (including phenoxy) is 1. The normalized spacial score (nSPS) is 17.1. The van der Waals surface area contributed by atoms with Gasteiger partial charge in [0.05, 0.1) is 31.1 Å². The molecule has 0 aliphatic carbocycles. The van der Waals surface area contributed by atoms with Crippen molar-refractivity contribution in [2.45, 2.75) is 20.0 Å². The van der Waals surface area contributed by atoms with E-state index in [1.54, 1.807) is 6.07 Å². The number of aliphatic hydroxyl groups excluding tert-OH is 2.